The highest BCUT2D eigenvalue weighted by Crippen LogP contribution is 2.32. The average Bonchev–Trinajstić information content (AvgIpc) is 2.37. The zero-order chi connectivity index (χ0) is 14.3. The maximum Gasteiger partial charge on any atom is 0.339 e. The fourth-order valence-corrected chi connectivity index (χ4v) is 2.75. The van der Waals surface area contributed by atoms with Gasteiger partial charge in [-0.25, -0.2) is 4.79 Å². The molecule has 1 aromatic carbocycles. The highest BCUT2D eigenvalue weighted by Gasteiger charge is 2.28. The molecule has 1 saturated carbocycles. The van der Waals surface area contributed by atoms with Crippen LogP contribution in [0.2, 0.25) is 0 Å². The third-order valence-corrected chi connectivity index (χ3v) is 4.02. The minimum atomic E-state index is -1.01. The van der Waals surface area contributed by atoms with Crippen LogP contribution in [0.5, 0.6) is 0 Å². The molecule has 1 aromatic heterocycles. The lowest BCUT2D eigenvalue weighted by molar-refractivity contribution is 0.0697. The summed E-state index contributed by atoms with van der Waals surface area (Å²) in [6.07, 6.45) is 2.35. The van der Waals surface area contributed by atoms with Crippen LogP contribution in [0.3, 0.4) is 0 Å². The monoisotopic (exact) mass is 336 g/mol. The minimum Gasteiger partial charge on any atom is -0.478 e. The number of anilines is 1. The maximum absolute atomic E-state index is 11.4. The first-order valence-corrected chi connectivity index (χ1v) is 7.10. The van der Waals surface area contributed by atoms with Gasteiger partial charge in [0.2, 0.25) is 0 Å². The Bertz CT molecular complexity index is 683. The Morgan fingerprint density at radius 1 is 1.40 bits per heavy atom. The molecule has 1 heterocycles. The molecule has 0 bridgehead atoms. The van der Waals surface area contributed by atoms with Crippen LogP contribution in [-0.2, 0) is 0 Å². The summed E-state index contributed by atoms with van der Waals surface area (Å²) in [5, 5.41) is 22.7. The Morgan fingerprint density at radius 2 is 2.15 bits per heavy atom. The summed E-state index contributed by atoms with van der Waals surface area (Å²) in [6.45, 7) is 0. The lowest BCUT2D eigenvalue weighted by atomic mass is 9.89. The van der Waals surface area contributed by atoms with Crippen molar-refractivity contribution in [2.75, 3.05) is 5.32 Å². The number of rotatable bonds is 3. The molecule has 0 radical (unpaired) electrons. The topological polar surface area (TPSA) is 82.5 Å². The third kappa shape index (κ3) is 2.36. The van der Waals surface area contributed by atoms with E-state index in [0.29, 0.717) is 18.5 Å². The smallest absolute Gasteiger partial charge is 0.339 e. The van der Waals surface area contributed by atoms with Gasteiger partial charge in [-0.3, -0.25) is 4.98 Å². The van der Waals surface area contributed by atoms with Crippen LogP contribution in [0, 0.1) is 0 Å². The second-order valence-electron chi connectivity index (χ2n) is 4.98. The molecule has 104 valence electrons. The van der Waals surface area contributed by atoms with E-state index in [1.807, 2.05) is 18.2 Å². The summed E-state index contributed by atoms with van der Waals surface area (Å²) in [5.74, 6) is -1.01. The summed E-state index contributed by atoms with van der Waals surface area (Å²) >= 11 is 3.39. The minimum absolute atomic E-state index is 0.104. The van der Waals surface area contributed by atoms with Crippen molar-refractivity contribution in [2.45, 2.75) is 25.0 Å². The molecule has 0 unspecified atom stereocenters. The number of carbonyl (C=O) groups is 1. The Kier molecular flexibility index (Phi) is 3.35. The van der Waals surface area contributed by atoms with E-state index in [1.165, 1.54) is 6.20 Å². The molecular weight excluding hydrogens is 324 g/mol. The summed E-state index contributed by atoms with van der Waals surface area (Å²) in [5.41, 5.74) is 1.46. The molecule has 3 rings (SSSR count). The fourth-order valence-electron chi connectivity index (χ4n) is 2.39. The first-order valence-electron chi connectivity index (χ1n) is 6.31. The molecule has 2 aromatic rings. The molecule has 3 N–H and O–H groups in total. The predicted octanol–water partition coefficient (Wildman–Crippen LogP) is 2.63. The van der Waals surface area contributed by atoms with Gasteiger partial charge in [-0.2, -0.15) is 0 Å². The van der Waals surface area contributed by atoms with Crippen molar-refractivity contribution in [3.63, 3.8) is 0 Å². The maximum atomic E-state index is 11.4. The van der Waals surface area contributed by atoms with Crippen molar-refractivity contribution in [2.24, 2.45) is 0 Å². The number of benzene rings is 1. The Balaban J connectivity index is 2.10. The quantitative estimate of drug-likeness (QED) is 0.802. The van der Waals surface area contributed by atoms with Crippen molar-refractivity contribution in [1.29, 1.82) is 0 Å². The largest absolute Gasteiger partial charge is 0.478 e. The van der Waals surface area contributed by atoms with Crippen LogP contribution in [0.4, 0.5) is 5.69 Å². The second-order valence-corrected chi connectivity index (χ2v) is 5.90. The van der Waals surface area contributed by atoms with E-state index >= 15 is 0 Å². The van der Waals surface area contributed by atoms with Gasteiger partial charge in [0.15, 0.2) is 0 Å². The number of aliphatic hydroxyl groups excluding tert-OH is 1. The second kappa shape index (κ2) is 5.03. The van der Waals surface area contributed by atoms with Gasteiger partial charge in [-0.15, -0.1) is 0 Å². The van der Waals surface area contributed by atoms with Crippen molar-refractivity contribution in [3.8, 4) is 0 Å². The number of nitrogens with one attached hydrogen (secondary N) is 1. The van der Waals surface area contributed by atoms with Gasteiger partial charge in [0.25, 0.3) is 0 Å². The summed E-state index contributed by atoms with van der Waals surface area (Å²) in [4.78, 5) is 15.5. The number of pyridine rings is 1. The molecule has 0 spiro atoms. The van der Waals surface area contributed by atoms with E-state index in [9.17, 15) is 15.0 Å². The molecule has 0 amide bonds. The van der Waals surface area contributed by atoms with Crippen LogP contribution in [-0.4, -0.2) is 33.3 Å². The number of carboxylic acids is 1. The van der Waals surface area contributed by atoms with E-state index in [2.05, 4.69) is 26.2 Å². The van der Waals surface area contributed by atoms with Gasteiger partial charge >= 0.3 is 5.97 Å². The van der Waals surface area contributed by atoms with E-state index in [1.54, 1.807) is 0 Å². The van der Waals surface area contributed by atoms with Gasteiger partial charge in [0, 0.05) is 22.1 Å². The first kappa shape index (κ1) is 13.3. The molecule has 1 fully saturated rings. The highest BCUT2D eigenvalue weighted by atomic mass is 79.9. The third-order valence-electron chi connectivity index (χ3n) is 3.52. The molecule has 0 aliphatic heterocycles. The predicted molar refractivity (Wildman–Crippen MR) is 79.1 cm³/mol. The van der Waals surface area contributed by atoms with Gasteiger partial charge in [-0.1, -0.05) is 15.9 Å². The lowest BCUT2D eigenvalue weighted by Gasteiger charge is -2.33. The van der Waals surface area contributed by atoms with Gasteiger partial charge in [-0.05, 0) is 31.0 Å². The van der Waals surface area contributed by atoms with E-state index in [0.717, 1.165) is 15.4 Å². The molecular formula is C14H13BrN2O3. The summed E-state index contributed by atoms with van der Waals surface area (Å²) < 4.78 is 0.867. The van der Waals surface area contributed by atoms with Crippen molar-refractivity contribution < 1.29 is 15.0 Å². The molecule has 1 aliphatic carbocycles. The van der Waals surface area contributed by atoms with Crippen molar-refractivity contribution in [1.82, 2.24) is 4.98 Å². The zero-order valence-corrected chi connectivity index (χ0v) is 12.1. The Morgan fingerprint density at radius 3 is 2.80 bits per heavy atom. The number of halogens is 1. The molecule has 20 heavy (non-hydrogen) atoms. The van der Waals surface area contributed by atoms with Gasteiger partial charge in [0.1, 0.15) is 5.56 Å². The summed E-state index contributed by atoms with van der Waals surface area (Å²) in [7, 11) is 0. The van der Waals surface area contributed by atoms with Crippen LogP contribution in [0.25, 0.3) is 10.9 Å². The van der Waals surface area contributed by atoms with E-state index < -0.39 is 5.97 Å². The molecule has 0 atom stereocenters. The standard InChI is InChI=1S/C14H13BrN2O3/c15-7-1-2-12-10(3-7)13(11(6-16-12)14(19)20)17-8-4-9(18)5-8/h1-3,6,8-9,18H,4-5H2,(H,16,17)(H,19,20). The van der Waals surface area contributed by atoms with Gasteiger partial charge < -0.3 is 15.5 Å². The number of fused-ring (bicyclic) bond motifs is 1. The number of carboxylic acid groups (broad SMARTS) is 1. The normalized spacial score (nSPS) is 21.5. The number of aromatic carboxylic acids is 1. The highest BCUT2D eigenvalue weighted by molar-refractivity contribution is 9.10. The Labute approximate surface area is 123 Å². The number of hydrogen-bond donors (Lipinski definition) is 3. The van der Waals surface area contributed by atoms with Gasteiger partial charge in [0.05, 0.1) is 17.3 Å². The van der Waals surface area contributed by atoms with Crippen molar-refractivity contribution in [3.05, 3.63) is 34.4 Å². The number of aromatic nitrogens is 1. The molecule has 6 heteroatoms. The fraction of sp³-hybridized carbons (Fsp3) is 0.286. The molecule has 1 aliphatic rings. The van der Waals surface area contributed by atoms with Crippen molar-refractivity contribution >= 4 is 38.5 Å². The molecule has 5 nitrogen and oxygen atoms in total. The number of aliphatic hydroxyl groups is 1. The molecule has 0 saturated heterocycles. The first-order chi connectivity index (χ1) is 9.54. The Hall–Kier alpha value is -1.66. The SMILES string of the molecule is O=C(O)c1cnc2ccc(Br)cc2c1NC1CC(O)C1. The number of nitrogens with zero attached hydrogens (tertiary/aromatic N) is 1. The van der Waals surface area contributed by atoms with Crippen LogP contribution in [0.1, 0.15) is 23.2 Å². The van der Waals surface area contributed by atoms with Crippen LogP contribution < -0.4 is 5.32 Å². The number of hydrogen-bond acceptors (Lipinski definition) is 4. The average molecular weight is 337 g/mol. The lowest BCUT2D eigenvalue weighted by Crippen LogP contribution is -2.39. The van der Waals surface area contributed by atoms with E-state index in [-0.39, 0.29) is 17.7 Å². The van der Waals surface area contributed by atoms with Crippen LogP contribution >= 0.6 is 15.9 Å². The van der Waals surface area contributed by atoms with E-state index in [4.69, 9.17) is 0 Å². The zero-order valence-electron chi connectivity index (χ0n) is 10.5. The summed E-state index contributed by atoms with van der Waals surface area (Å²) in [6, 6.07) is 5.66. The van der Waals surface area contributed by atoms with Crippen LogP contribution in [0.15, 0.2) is 28.9 Å².